The van der Waals surface area contributed by atoms with Gasteiger partial charge in [-0.15, -0.1) is 5.10 Å². The second-order valence-electron chi connectivity index (χ2n) is 7.43. The van der Waals surface area contributed by atoms with Crippen molar-refractivity contribution in [3.8, 4) is 22.5 Å². The lowest BCUT2D eigenvalue weighted by molar-refractivity contribution is 0.0698. The molecule has 2 aromatic carbocycles. The van der Waals surface area contributed by atoms with Crippen LogP contribution >= 0.6 is 0 Å². The third kappa shape index (κ3) is 3.89. The Morgan fingerprint density at radius 3 is 2.61 bits per heavy atom. The molecule has 0 aliphatic heterocycles. The molecule has 0 spiro atoms. The summed E-state index contributed by atoms with van der Waals surface area (Å²) in [5.41, 5.74) is 5.26. The molecule has 5 aromatic rings. The molecule has 164 valence electrons. The SMILES string of the molecule is CCc1cc(NCc2ccc(-c3ccccc3-c3nnn[nH]3)cc2)n2ncc(C(=O)O)c2n1. The van der Waals surface area contributed by atoms with E-state index < -0.39 is 5.97 Å². The molecule has 5 rings (SSSR count). The smallest absolute Gasteiger partial charge is 0.341 e. The normalized spacial score (nSPS) is 11.1. The maximum atomic E-state index is 11.5. The quantitative estimate of drug-likeness (QED) is 0.350. The Bertz CT molecular complexity index is 1430. The Hall–Kier alpha value is -4.60. The van der Waals surface area contributed by atoms with Crippen molar-refractivity contribution in [1.29, 1.82) is 0 Å². The van der Waals surface area contributed by atoms with E-state index in [0.717, 1.165) is 27.9 Å². The lowest BCUT2D eigenvalue weighted by atomic mass is 9.98. The first kappa shape index (κ1) is 20.3. The van der Waals surface area contributed by atoms with Crippen molar-refractivity contribution in [3.05, 3.63) is 77.6 Å². The van der Waals surface area contributed by atoms with Gasteiger partial charge in [0, 0.05) is 23.9 Å². The number of carboxylic acids is 1. The minimum absolute atomic E-state index is 0.0818. The highest BCUT2D eigenvalue weighted by Gasteiger charge is 2.16. The predicted molar refractivity (Wildman–Crippen MR) is 122 cm³/mol. The van der Waals surface area contributed by atoms with Crippen LogP contribution in [0.25, 0.3) is 28.2 Å². The minimum atomic E-state index is -1.05. The van der Waals surface area contributed by atoms with Crippen LogP contribution in [-0.2, 0) is 13.0 Å². The molecule has 3 N–H and O–H groups in total. The Morgan fingerprint density at radius 2 is 1.91 bits per heavy atom. The highest BCUT2D eigenvalue weighted by molar-refractivity contribution is 5.94. The van der Waals surface area contributed by atoms with Gasteiger partial charge >= 0.3 is 5.97 Å². The number of fused-ring (bicyclic) bond motifs is 1. The summed E-state index contributed by atoms with van der Waals surface area (Å²) < 4.78 is 1.53. The Balaban J connectivity index is 1.40. The fourth-order valence-corrected chi connectivity index (χ4v) is 3.68. The van der Waals surface area contributed by atoms with Gasteiger partial charge in [0.25, 0.3) is 0 Å². The summed E-state index contributed by atoms with van der Waals surface area (Å²) in [7, 11) is 0. The largest absolute Gasteiger partial charge is 0.477 e. The molecule has 0 saturated heterocycles. The molecule has 0 bridgehead atoms. The summed E-state index contributed by atoms with van der Waals surface area (Å²) >= 11 is 0. The van der Waals surface area contributed by atoms with E-state index in [-0.39, 0.29) is 5.56 Å². The highest BCUT2D eigenvalue weighted by Crippen LogP contribution is 2.29. The average molecular weight is 440 g/mol. The number of hydrogen-bond donors (Lipinski definition) is 3. The van der Waals surface area contributed by atoms with Crippen molar-refractivity contribution in [2.45, 2.75) is 19.9 Å². The van der Waals surface area contributed by atoms with Crippen LogP contribution < -0.4 is 5.32 Å². The average Bonchev–Trinajstić information content (AvgIpc) is 3.53. The maximum absolute atomic E-state index is 11.5. The van der Waals surface area contributed by atoms with Crippen molar-refractivity contribution < 1.29 is 9.90 Å². The van der Waals surface area contributed by atoms with Gasteiger partial charge in [-0.2, -0.15) is 9.61 Å². The van der Waals surface area contributed by atoms with Crippen LogP contribution in [0.5, 0.6) is 0 Å². The number of tetrazole rings is 1. The summed E-state index contributed by atoms with van der Waals surface area (Å²) in [5, 5.41) is 31.2. The van der Waals surface area contributed by atoms with Crippen LogP contribution in [0, 0.1) is 0 Å². The van der Waals surface area contributed by atoms with Crippen molar-refractivity contribution in [2.24, 2.45) is 0 Å². The number of nitrogens with zero attached hydrogens (tertiary/aromatic N) is 6. The van der Waals surface area contributed by atoms with Gasteiger partial charge in [0.15, 0.2) is 11.5 Å². The first-order valence-corrected chi connectivity index (χ1v) is 10.4. The third-order valence-electron chi connectivity index (χ3n) is 5.38. The van der Waals surface area contributed by atoms with Crippen LogP contribution in [0.3, 0.4) is 0 Å². The number of aryl methyl sites for hydroxylation is 1. The lowest BCUT2D eigenvalue weighted by Gasteiger charge is -2.11. The summed E-state index contributed by atoms with van der Waals surface area (Å²) in [5.74, 6) is 0.259. The minimum Gasteiger partial charge on any atom is -0.477 e. The van der Waals surface area contributed by atoms with Gasteiger partial charge in [0.1, 0.15) is 11.4 Å². The Kier molecular flexibility index (Phi) is 5.23. The van der Waals surface area contributed by atoms with Crippen molar-refractivity contribution >= 4 is 17.4 Å². The molecule has 0 atom stereocenters. The predicted octanol–water partition coefficient (Wildman–Crippen LogP) is 3.45. The third-order valence-corrected chi connectivity index (χ3v) is 5.38. The fourth-order valence-electron chi connectivity index (χ4n) is 3.68. The zero-order chi connectivity index (χ0) is 22.8. The Labute approximate surface area is 188 Å². The van der Waals surface area contributed by atoms with Gasteiger partial charge in [-0.3, -0.25) is 0 Å². The summed E-state index contributed by atoms with van der Waals surface area (Å²) in [6.07, 6.45) is 2.01. The van der Waals surface area contributed by atoms with Crippen LogP contribution in [0.1, 0.15) is 28.5 Å². The highest BCUT2D eigenvalue weighted by atomic mass is 16.4. The van der Waals surface area contributed by atoms with Crippen molar-refractivity contribution in [1.82, 2.24) is 35.2 Å². The van der Waals surface area contributed by atoms with E-state index in [1.165, 1.54) is 10.7 Å². The molecule has 10 nitrogen and oxygen atoms in total. The van der Waals surface area contributed by atoms with Gasteiger partial charge in [0.05, 0.1) is 6.20 Å². The number of aromatic carboxylic acids is 1. The van der Waals surface area contributed by atoms with E-state index in [1.807, 2.05) is 49.4 Å². The molecule has 3 heterocycles. The van der Waals surface area contributed by atoms with E-state index >= 15 is 0 Å². The van der Waals surface area contributed by atoms with E-state index in [9.17, 15) is 9.90 Å². The number of carbonyl (C=O) groups is 1. The lowest BCUT2D eigenvalue weighted by Crippen LogP contribution is -2.08. The van der Waals surface area contributed by atoms with Crippen LogP contribution in [0.2, 0.25) is 0 Å². The van der Waals surface area contributed by atoms with Crippen LogP contribution in [0.4, 0.5) is 5.82 Å². The maximum Gasteiger partial charge on any atom is 0.341 e. The Morgan fingerprint density at radius 1 is 1.12 bits per heavy atom. The number of rotatable bonds is 7. The molecule has 0 amide bonds. The fraction of sp³-hybridized carbons (Fsp3) is 0.130. The molecule has 10 heteroatoms. The van der Waals surface area contributed by atoms with E-state index in [0.29, 0.717) is 30.3 Å². The topological polar surface area (TPSA) is 134 Å². The molecular formula is C23H20N8O2. The molecule has 0 unspecified atom stereocenters. The number of benzene rings is 2. The van der Waals surface area contributed by atoms with Gasteiger partial charge in [-0.05, 0) is 33.5 Å². The number of H-pyrrole nitrogens is 1. The number of aromatic nitrogens is 7. The van der Waals surface area contributed by atoms with Crippen molar-refractivity contribution in [2.75, 3.05) is 5.32 Å². The molecule has 3 aromatic heterocycles. The second kappa shape index (κ2) is 8.50. The molecular weight excluding hydrogens is 420 g/mol. The standard InChI is InChI=1S/C23H20N8O2/c1-2-16-11-20(31-22(26-16)19(13-25-31)23(32)33)24-12-14-7-9-15(10-8-14)17-5-3-4-6-18(17)21-27-29-30-28-21/h3-11,13,24H,2,12H2,1H3,(H,32,33)(H,27,28,29,30). The first-order chi connectivity index (χ1) is 16.1. The molecule has 0 aliphatic rings. The molecule has 0 radical (unpaired) electrons. The summed E-state index contributed by atoms with van der Waals surface area (Å²) in [6.45, 7) is 2.52. The van der Waals surface area contributed by atoms with Gasteiger partial charge in [-0.1, -0.05) is 55.5 Å². The zero-order valence-corrected chi connectivity index (χ0v) is 17.7. The van der Waals surface area contributed by atoms with E-state index in [4.69, 9.17) is 0 Å². The van der Waals surface area contributed by atoms with E-state index in [2.05, 4.69) is 48.2 Å². The number of nitrogens with one attached hydrogen (secondary N) is 2. The summed E-state index contributed by atoms with van der Waals surface area (Å²) in [6, 6.07) is 18.0. The molecule has 33 heavy (non-hydrogen) atoms. The molecule has 0 saturated carbocycles. The van der Waals surface area contributed by atoms with Gasteiger partial charge < -0.3 is 10.4 Å². The van der Waals surface area contributed by atoms with Crippen LogP contribution in [-0.4, -0.2) is 46.3 Å². The van der Waals surface area contributed by atoms with Crippen LogP contribution in [0.15, 0.2) is 60.8 Å². The van der Waals surface area contributed by atoms with Crippen molar-refractivity contribution in [3.63, 3.8) is 0 Å². The van der Waals surface area contributed by atoms with Gasteiger partial charge in [-0.25, -0.2) is 14.9 Å². The monoisotopic (exact) mass is 440 g/mol. The number of anilines is 1. The number of aromatic amines is 1. The molecule has 0 aliphatic carbocycles. The van der Waals surface area contributed by atoms with E-state index in [1.54, 1.807) is 0 Å². The first-order valence-electron chi connectivity index (χ1n) is 10.4. The number of carboxylic acid groups (broad SMARTS) is 1. The molecule has 0 fully saturated rings. The zero-order valence-electron chi connectivity index (χ0n) is 17.7. The summed E-state index contributed by atoms with van der Waals surface area (Å²) in [4.78, 5) is 15.9. The number of hydrogen-bond acceptors (Lipinski definition) is 7. The second-order valence-corrected chi connectivity index (χ2v) is 7.43. The van der Waals surface area contributed by atoms with Gasteiger partial charge in [0.2, 0.25) is 0 Å².